The van der Waals surface area contributed by atoms with E-state index in [-0.39, 0.29) is 5.84 Å². The molecule has 1 heterocycles. The third kappa shape index (κ3) is 3.29. The zero-order chi connectivity index (χ0) is 13.8. The third-order valence-corrected chi connectivity index (χ3v) is 3.63. The smallest absolute Gasteiger partial charge is 0.256 e. The summed E-state index contributed by atoms with van der Waals surface area (Å²) in [5.74, 6) is 1.72. The van der Waals surface area contributed by atoms with Gasteiger partial charge in [-0.15, -0.1) is 0 Å². The maximum absolute atomic E-state index is 8.58. The van der Waals surface area contributed by atoms with Gasteiger partial charge < -0.3 is 15.4 Å². The van der Waals surface area contributed by atoms with E-state index in [1.165, 1.54) is 11.8 Å². The van der Waals surface area contributed by atoms with E-state index in [4.69, 9.17) is 15.4 Å². The van der Waals surface area contributed by atoms with Gasteiger partial charge in [-0.2, -0.15) is 0 Å². The minimum atomic E-state index is 0.109. The Balaban J connectivity index is 2.00. The zero-order valence-corrected chi connectivity index (χ0v) is 11.6. The zero-order valence-electron chi connectivity index (χ0n) is 10.8. The SMILES string of the molecule is Cc1nc(SCc2ccc(/C(N)=N/O)cc2)oc1C. The van der Waals surface area contributed by atoms with Crippen molar-refractivity contribution in [3.05, 3.63) is 46.8 Å². The van der Waals surface area contributed by atoms with Crippen LogP contribution in [0.1, 0.15) is 22.6 Å². The third-order valence-electron chi connectivity index (χ3n) is 2.73. The van der Waals surface area contributed by atoms with Crippen molar-refractivity contribution in [2.45, 2.75) is 24.8 Å². The maximum Gasteiger partial charge on any atom is 0.256 e. The van der Waals surface area contributed by atoms with Crippen molar-refractivity contribution in [3.8, 4) is 0 Å². The van der Waals surface area contributed by atoms with Crippen LogP contribution in [0.25, 0.3) is 0 Å². The highest BCUT2D eigenvalue weighted by molar-refractivity contribution is 7.98. The van der Waals surface area contributed by atoms with Gasteiger partial charge in [-0.25, -0.2) is 4.98 Å². The summed E-state index contributed by atoms with van der Waals surface area (Å²) < 4.78 is 5.50. The number of amidine groups is 1. The number of oxazole rings is 1. The predicted octanol–water partition coefficient (Wildman–Crippen LogP) is 2.68. The van der Waals surface area contributed by atoms with E-state index in [1.54, 1.807) is 0 Å². The molecule has 0 atom stereocenters. The number of aryl methyl sites for hydroxylation is 2. The Morgan fingerprint density at radius 3 is 2.58 bits per heavy atom. The molecule has 3 N–H and O–H groups in total. The molecule has 0 amide bonds. The average molecular weight is 277 g/mol. The maximum atomic E-state index is 8.58. The lowest BCUT2D eigenvalue weighted by Gasteiger charge is -2.01. The van der Waals surface area contributed by atoms with Crippen molar-refractivity contribution in [1.82, 2.24) is 4.98 Å². The Kier molecular flexibility index (Phi) is 4.11. The van der Waals surface area contributed by atoms with Crippen LogP contribution < -0.4 is 5.73 Å². The van der Waals surface area contributed by atoms with Crippen molar-refractivity contribution in [2.75, 3.05) is 0 Å². The summed E-state index contributed by atoms with van der Waals surface area (Å²) in [6.07, 6.45) is 0. The van der Waals surface area contributed by atoms with Crippen LogP contribution in [0.2, 0.25) is 0 Å². The van der Waals surface area contributed by atoms with Crippen LogP contribution in [0, 0.1) is 13.8 Å². The van der Waals surface area contributed by atoms with E-state index < -0.39 is 0 Å². The van der Waals surface area contributed by atoms with Gasteiger partial charge in [0.05, 0.1) is 5.69 Å². The monoisotopic (exact) mass is 277 g/mol. The molecule has 0 aliphatic rings. The molecule has 0 fully saturated rings. The lowest BCUT2D eigenvalue weighted by atomic mass is 10.1. The first-order chi connectivity index (χ1) is 9.10. The molecule has 0 spiro atoms. The number of rotatable bonds is 4. The Labute approximate surface area is 115 Å². The fourth-order valence-corrected chi connectivity index (χ4v) is 2.35. The normalized spacial score (nSPS) is 11.8. The molecule has 0 bridgehead atoms. The summed E-state index contributed by atoms with van der Waals surface area (Å²) in [6.45, 7) is 3.83. The van der Waals surface area contributed by atoms with Crippen LogP contribution >= 0.6 is 11.8 Å². The van der Waals surface area contributed by atoms with Crippen LogP contribution in [-0.4, -0.2) is 16.0 Å². The summed E-state index contributed by atoms with van der Waals surface area (Å²) in [7, 11) is 0. The van der Waals surface area contributed by atoms with Crippen molar-refractivity contribution in [1.29, 1.82) is 0 Å². The molecular formula is C13H15N3O2S. The summed E-state index contributed by atoms with van der Waals surface area (Å²) in [5, 5.41) is 12.2. The van der Waals surface area contributed by atoms with Crippen molar-refractivity contribution in [2.24, 2.45) is 10.9 Å². The van der Waals surface area contributed by atoms with Gasteiger partial charge in [0.2, 0.25) is 0 Å². The van der Waals surface area contributed by atoms with Gasteiger partial charge in [0.25, 0.3) is 5.22 Å². The van der Waals surface area contributed by atoms with Gasteiger partial charge in [0.1, 0.15) is 5.76 Å². The second kappa shape index (κ2) is 5.79. The summed E-state index contributed by atoms with van der Waals surface area (Å²) in [4.78, 5) is 4.31. The molecule has 0 saturated heterocycles. The average Bonchev–Trinajstić information content (AvgIpc) is 2.75. The van der Waals surface area contributed by atoms with E-state index in [1.807, 2.05) is 38.1 Å². The molecule has 2 rings (SSSR count). The molecule has 0 saturated carbocycles. The Morgan fingerprint density at radius 2 is 2.05 bits per heavy atom. The lowest BCUT2D eigenvalue weighted by molar-refractivity contribution is 0.318. The van der Waals surface area contributed by atoms with Crippen molar-refractivity contribution in [3.63, 3.8) is 0 Å². The van der Waals surface area contributed by atoms with Gasteiger partial charge in [-0.05, 0) is 19.4 Å². The summed E-state index contributed by atoms with van der Waals surface area (Å²) in [5.41, 5.74) is 8.23. The number of nitrogens with zero attached hydrogens (tertiary/aromatic N) is 2. The van der Waals surface area contributed by atoms with Gasteiger partial charge in [-0.1, -0.05) is 41.2 Å². The Bertz CT molecular complexity index is 571. The van der Waals surface area contributed by atoms with E-state index in [0.29, 0.717) is 10.8 Å². The minimum absolute atomic E-state index is 0.109. The molecule has 100 valence electrons. The highest BCUT2D eigenvalue weighted by Gasteiger charge is 2.06. The van der Waals surface area contributed by atoms with Crippen molar-refractivity contribution < 1.29 is 9.62 Å². The lowest BCUT2D eigenvalue weighted by Crippen LogP contribution is -2.12. The topological polar surface area (TPSA) is 84.6 Å². The highest BCUT2D eigenvalue weighted by atomic mass is 32.2. The van der Waals surface area contributed by atoms with E-state index in [0.717, 1.165) is 22.8 Å². The second-order valence-electron chi connectivity index (χ2n) is 4.09. The van der Waals surface area contributed by atoms with Gasteiger partial charge in [-0.3, -0.25) is 0 Å². The van der Waals surface area contributed by atoms with Crippen LogP contribution in [0.3, 0.4) is 0 Å². The number of thioether (sulfide) groups is 1. The molecule has 1 aromatic carbocycles. The van der Waals surface area contributed by atoms with Gasteiger partial charge in [0.15, 0.2) is 5.84 Å². The van der Waals surface area contributed by atoms with Gasteiger partial charge >= 0.3 is 0 Å². The van der Waals surface area contributed by atoms with Crippen LogP contribution in [0.4, 0.5) is 0 Å². The molecule has 0 aliphatic heterocycles. The fourth-order valence-electron chi connectivity index (χ4n) is 1.48. The van der Waals surface area contributed by atoms with Crippen LogP contribution in [0.5, 0.6) is 0 Å². The molecule has 5 nitrogen and oxygen atoms in total. The first-order valence-electron chi connectivity index (χ1n) is 5.74. The minimum Gasteiger partial charge on any atom is -0.437 e. The van der Waals surface area contributed by atoms with E-state index in [9.17, 15) is 0 Å². The summed E-state index contributed by atoms with van der Waals surface area (Å²) in [6, 6.07) is 7.50. The van der Waals surface area contributed by atoms with Crippen LogP contribution in [0.15, 0.2) is 39.1 Å². The van der Waals surface area contributed by atoms with E-state index in [2.05, 4.69) is 10.1 Å². The molecule has 2 aromatic rings. The number of hydrogen-bond acceptors (Lipinski definition) is 5. The van der Waals surface area contributed by atoms with E-state index >= 15 is 0 Å². The second-order valence-corrected chi connectivity index (χ2v) is 5.02. The fraction of sp³-hybridized carbons (Fsp3) is 0.231. The molecule has 0 radical (unpaired) electrons. The number of oxime groups is 1. The largest absolute Gasteiger partial charge is 0.437 e. The molecule has 0 unspecified atom stereocenters. The first kappa shape index (κ1) is 13.5. The number of aromatic nitrogens is 1. The summed E-state index contributed by atoms with van der Waals surface area (Å²) >= 11 is 1.54. The first-order valence-corrected chi connectivity index (χ1v) is 6.72. The van der Waals surface area contributed by atoms with Crippen LogP contribution in [-0.2, 0) is 5.75 Å². The Hall–Kier alpha value is -1.95. The molecule has 1 aromatic heterocycles. The number of benzene rings is 1. The number of hydrogen-bond donors (Lipinski definition) is 2. The molecule has 6 heteroatoms. The molecule has 19 heavy (non-hydrogen) atoms. The standard InChI is InChI=1S/C13H15N3O2S/c1-8-9(2)18-13(15-8)19-7-10-3-5-11(6-4-10)12(14)16-17/h3-6,17H,7H2,1-2H3,(H2,14,16). The molecule has 0 aliphatic carbocycles. The molecular weight excluding hydrogens is 262 g/mol. The van der Waals surface area contributed by atoms with Crippen molar-refractivity contribution >= 4 is 17.6 Å². The highest BCUT2D eigenvalue weighted by Crippen LogP contribution is 2.24. The Morgan fingerprint density at radius 1 is 1.37 bits per heavy atom. The quantitative estimate of drug-likeness (QED) is 0.295. The number of nitrogens with two attached hydrogens (primary N) is 1. The van der Waals surface area contributed by atoms with Gasteiger partial charge in [0, 0.05) is 11.3 Å². The predicted molar refractivity (Wildman–Crippen MR) is 74.5 cm³/mol.